The molecule has 0 aliphatic heterocycles. The van der Waals surface area contributed by atoms with Gasteiger partial charge in [-0.05, 0) is 67.6 Å². The molecule has 0 heterocycles. The molecule has 0 fully saturated rings. The molecule has 0 bridgehead atoms. The van der Waals surface area contributed by atoms with E-state index in [1.165, 1.54) is 16.1 Å². The molecule has 35 heavy (non-hydrogen) atoms. The van der Waals surface area contributed by atoms with Gasteiger partial charge in [-0.15, -0.1) is 0 Å². The number of aliphatic hydroxyl groups excluding tert-OH is 1. The molecule has 196 valence electrons. The van der Waals surface area contributed by atoms with Gasteiger partial charge in [0, 0.05) is 26.8 Å². The number of anilines is 2. The molecule has 0 aliphatic rings. The van der Waals surface area contributed by atoms with Crippen LogP contribution in [0.15, 0.2) is 36.4 Å². The first kappa shape index (κ1) is 29.7. The molecule has 0 spiro atoms. The van der Waals surface area contributed by atoms with Gasteiger partial charge in [-0.1, -0.05) is 48.2 Å². The number of nitrogens with two attached hydrogens (primary N) is 1. The van der Waals surface area contributed by atoms with E-state index in [2.05, 4.69) is 5.32 Å². The fourth-order valence-corrected chi connectivity index (χ4v) is 4.51. The van der Waals surface area contributed by atoms with Crippen molar-refractivity contribution in [3.63, 3.8) is 0 Å². The number of nitrogens with one attached hydrogen (secondary N) is 1. The highest BCUT2D eigenvalue weighted by atomic mass is 35.5. The summed E-state index contributed by atoms with van der Waals surface area (Å²) in [5, 5.41) is 14.2. The van der Waals surface area contributed by atoms with Gasteiger partial charge < -0.3 is 20.9 Å². The van der Waals surface area contributed by atoms with E-state index in [1.807, 2.05) is 24.3 Å². The number of sulfonamides is 1. The second kappa shape index (κ2) is 14.9. The predicted molar refractivity (Wildman–Crippen MR) is 146 cm³/mol. The average molecular weight is 547 g/mol. The maximum atomic E-state index is 11.6. The number of unbranched alkanes of at least 4 members (excludes halogenated alkanes) is 3. The molecule has 1 atom stereocenters. The van der Waals surface area contributed by atoms with Crippen LogP contribution in [-0.2, 0) is 21.2 Å². The summed E-state index contributed by atoms with van der Waals surface area (Å²) in [7, 11) is -1.69. The number of rotatable bonds is 16. The molecule has 0 amide bonds. The lowest BCUT2D eigenvalue weighted by Crippen LogP contribution is -2.24. The van der Waals surface area contributed by atoms with Crippen molar-refractivity contribution in [3.8, 4) is 0 Å². The van der Waals surface area contributed by atoms with E-state index in [0.717, 1.165) is 51.7 Å². The number of hydrogen-bond acceptors (Lipinski definition) is 6. The zero-order chi connectivity index (χ0) is 25.8. The second-order valence-electron chi connectivity index (χ2n) is 8.65. The van der Waals surface area contributed by atoms with E-state index < -0.39 is 16.1 Å². The molecular formula is C25H37Cl2N3O4S. The van der Waals surface area contributed by atoms with Crippen LogP contribution in [0.1, 0.15) is 49.3 Å². The van der Waals surface area contributed by atoms with Crippen LogP contribution >= 0.6 is 23.2 Å². The minimum absolute atomic E-state index is 0.327. The Kier molecular flexibility index (Phi) is 12.6. The predicted octanol–water partition coefficient (Wildman–Crippen LogP) is 4.80. The molecule has 0 saturated heterocycles. The molecule has 4 N–H and O–H groups in total. The van der Waals surface area contributed by atoms with Crippen molar-refractivity contribution >= 4 is 44.6 Å². The summed E-state index contributed by atoms with van der Waals surface area (Å²) < 4.78 is 30.2. The smallest absolute Gasteiger partial charge is 0.231 e. The minimum Gasteiger partial charge on any atom is -0.396 e. The van der Waals surface area contributed by atoms with E-state index in [4.69, 9.17) is 33.7 Å². The Morgan fingerprint density at radius 3 is 2.26 bits per heavy atom. The minimum atomic E-state index is -3.24. The first-order chi connectivity index (χ1) is 16.6. The number of benzene rings is 2. The third-order valence-electron chi connectivity index (χ3n) is 5.77. The number of hydrogen-bond donors (Lipinski definition) is 3. The van der Waals surface area contributed by atoms with Crippen LogP contribution < -0.4 is 15.4 Å². The van der Waals surface area contributed by atoms with Gasteiger partial charge in [0.25, 0.3) is 0 Å². The van der Waals surface area contributed by atoms with Crippen LogP contribution in [0.4, 0.5) is 11.4 Å². The molecule has 0 radical (unpaired) electrons. The maximum absolute atomic E-state index is 11.6. The van der Waals surface area contributed by atoms with Gasteiger partial charge in [-0.25, -0.2) is 8.42 Å². The fraction of sp³-hybridized carbons (Fsp3) is 0.520. The Morgan fingerprint density at radius 1 is 1.03 bits per heavy atom. The van der Waals surface area contributed by atoms with Crippen molar-refractivity contribution in [3.05, 3.63) is 57.6 Å². The van der Waals surface area contributed by atoms with Crippen molar-refractivity contribution in [1.29, 1.82) is 0 Å². The lowest BCUT2D eigenvalue weighted by atomic mass is 10.1. The zero-order valence-corrected chi connectivity index (χ0v) is 22.8. The molecule has 7 nitrogen and oxygen atoms in total. The lowest BCUT2D eigenvalue weighted by molar-refractivity contribution is 0.127. The number of halogens is 2. The van der Waals surface area contributed by atoms with Crippen molar-refractivity contribution in [1.82, 2.24) is 5.32 Å². The average Bonchev–Trinajstić information content (AvgIpc) is 2.82. The summed E-state index contributed by atoms with van der Waals surface area (Å²) in [6.45, 7) is 2.72. The van der Waals surface area contributed by atoms with Crippen molar-refractivity contribution < 1.29 is 18.3 Å². The Bertz CT molecular complexity index is 997. The molecule has 1 unspecified atom stereocenters. The largest absolute Gasteiger partial charge is 0.396 e. The molecule has 0 saturated carbocycles. The Balaban J connectivity index is 1.46. The highest BCUT2D eigenvalue weighted by Gasteiger charge is 2.12. The topological polar surface area (TPSA) is 105 Å². The summed E-state index contributed by atoms with van der Waals surface area (Å²) in [6, 6.07) is 10.9. The fourth-order valence-electron chi connectivity index (χ4n) is 3.51. The van der Waals surface area contributed by atoms with E-state index in [-0.39, 0.29) is 0 Å². The van der Waals surface area contributed by atoms with Crippen LogP contribution in [0, 0.1) is 0 Å². The molecule has 2 aromatic rings. The number of nitrogens with zero attached hydrogens (tertiary/aromatic N) is 1. The number of aryl methyl sites for hydroxylation is 1. The molecule has 10 heteroatoms. The Morgan fingerprint density at radius 2 is 1.63 bits per heavy atom. The summed E-state index contributed by atoms with van der Waals surface area (Å²) in [5.74, 6) is 0. The molecule has 2 aromatic carbocycles. The molecule has 2 rings (SSSR count). The van der Waals surface area contributed by atoms with Gasteiger partial charge in [0.2, 0.25) is 10.0 Å². The molecule has 0 aromatic heterocycles. The Labute approximate surface area is 219 Å². The van der Waals surface area contributed by atoms with Gasteiger partial charge in [0.1, 0.15) is 0 Å². The summed E-state index contributed by atoms with van der Waals surface area (Å²) in [6.07, 6.45) is 6.58. The van der Waals surface area contributed by atoms with E-state index in [1.54, 1.807) is 19.2 Å². The van der Waals surface area contributed by atoms with Crippen LogP contribution in [0.2, 0.25) is 10.0 Å². The number of ether oxygens (including phenoxy) is 1. The number of nitrogen functional groups attached to an aromatic ring is 1. The van der Waals surface area contributed by atoms with Crippen LogP contribution in [0.5, 0.6) is 0 Å². The zero-order valence-electron chi connectivity index (χ0n) is 20.5. The van der Waals surface area contributed by atoms with Gasteiger partial charge in [-0.3, -0.25) is 4.31 Å². The SMILES string of the molecule is CN(c1ccc(CCCOCCCCCCNCC(O)c2cc(Cl)c(N)c(Cl)c2)cc1)S(C)(=O)=O. The normalized spacial score (nSPS) is 12.6. The summed E-state index contributed by atoms with van der Waals surface area (Å²) >= 11 is 12.0. The van der Waals surface area contributed by atoms with E-state index >= 15 is 0 Å². The standard InChI is InChI=1S/C25H37Cl2N3O4S/c1-30(35(2,32)33)21-11-9-19(10-12-21)8-7-15-34-14-6-4-3-5-13-29-18-24(31)20-16-22(26)25(28)23(27)17-20/h9-12,16-17,24,29,31H,3-8,13-15,18,28H2,1-2H3. The van der Waals surface area contributed by atoms with Gasteiger partial charge in [0.05, 0.1) is 33.8 Å². The maximum Gasteiger partial charge on any atom is 0.231 e. The van der Waals surface area contributed by atoms with Gasteiger partial charge in [0.15, 0.2) is 0 Å². The summed E-state index contributed by atoms with van der Waals surface area (Å²) in [4.78, 5) is 0. The van der Waals surface area contributed by atoms with E-state index in [0.29, 0.717) is 40.1 Å². The van der Waals surface area contributed by atoms with Crippen LogP contribution in [0.3, 0.4) is 0 Å². The second-order valence-corrected chi connectivity index (χ2v) is 11.5. The molecular weight excluding hydrogens is 509 g/mol. The van der Waals surface area contributed by atoms with Crippen molar-refractivity contribution in [2.75, 3.05) is 49.6 Å². The molecule has 0 aliphatic carbocycles. The Hall–Kier alpha value is -1.55. The quantitative estimate of drug-likeness (QED) is 0.206. The highest BCUT2D eigenvalue weighted by molar-refractivity contribution is 7.92. The number of aliphatic hydroxyl groups is 1. The lowest BCUT2D eigenvalue weighted by Gasteiger charge is -2.16. The first-order valence-corrected chi connectivity index (χ1v) is 14.4. The monoisotopic (exact) mass is 545 g/mol. The van der Waals surface area contributed by atoms with Crippen molar-refractivity contribution in [2.24, 2.45) is 0 Å². The van der Waals surface area contributed by atoms with Crippen molar-refractivity contribution in [2.45, 2.75) is 44.6 Å². The van der Waals surface area contributed by atoms with Gasteiger partial charge in [-0.2, -0.15) is 0 Å². The third-order valence-corrected chi connectivity index (χ3v) is 7.60. The summed E-state index contributed by atoms with van der Waals surface area (Å²) in [5.41, 5.74) is 8.53. The van der Waals surface area contributed by atoms with E-state index in [9.17, 15) is 13.5 Å². The first-order valence-electron chi connectivity index (χ1n) is 11.8. The highest BCUT2D eigenvalue weighted by Crippen LogP contribution is 2.31. The third kappa shape index (κ3) is 10.5. The van der Waals surface area contributed by atoms with Crippen LogP contribution in [0.25, 0.3) is 0 Å². The van der Waals surface area contributed by atoms with Crippen LogP contribution in [-0.4, -0.2) is 53.1 Å². The van der Waals surface area contributed by atoms with Gasteiger partial charge >= 0.3 is 0 Å².